The summed E-state index contributed by atoms with van der Waals surface area (Å²) in [6, 6.07) is 15.0. The van der Waals surface area contributed by atoms with Gasteiger partial charge in [-0.3, -0.25) is 4.90 Å². The van der Waals surface area contributed by atoms with Crippen LogP contribution in [0.15, 0.2) is 54.9 Å². The van der Waals surface area contributed by atoms with Crippen LogP contribution in [-0.4, -0.2) is 64.5 Å². The summed E-state index contributed by atoms with van der Waals surface area (Å²) in [7, 11) is 0. The summed E-state index contributed by atoms with van der Waals surface area (Å²) in [5, 5.41) is 30.6. The van der Waals surface area contributed by atoms with Crippen molar-refractivity contribution in [3.8, 4) is 11.8 Å². The molecule has 188 valence electrons. The molecule has 0 unspecified atom stereocenters. The van der Waals surface area contributed by atoms with Crippen LogP contribution in [0.3, 0.4) is 0 Å². The van der Waals surface area contributed by atoms with Gasteiger partial charge < -0.3 is 19.8 Å². The van der Waals surface area contributed by atoms with Crippen LogP contribution in [-0.2, 0) is 3.61 Å². The molecule has 2 aromatic carbocycles. The zero-order valence-electron chi connectivity index (χ0n) is 19.2. The molecule has 2 atom stereocenters. The topological polar surface area (TPSA) is 106 Å². The largest absolute Gasteiger partial charge is 0.491 e. The number of rotatable bonds is 8. The lowest BCUT2D eigenvalue weighted by molar-refractivity contribution is 0.0792. The van der Waals surface area contributed by atoms with E-state index < -0.39 is 9.43 Å². The van der Waals surface area contributed by atoms with Crippen LogP contribution in [0.2, 0.25) is 5.02 Å². The van der Waals surface area contributed by atoms with Crippen LogP contribution in [0.25, 0.3) is 0 Å². The van der Waals surface area contributed by atoms with Gasteiger partial charge in [0.25, 0.3) is 0 Å². The highest BCUT2D eigenvalue weighted by Gasteiger charge is 2.36. The molecule has 1 fully saturated rings. The summed E-state index contributed by atoms with van der Waals surface area (Å²) in [4.78, 5) is 12.2. The molecule has 1 aliphatic heterocycles. The molecule has 8 nitrogen and oxygen atoms in total. The van der Waals surface area contributed by atoms with Crippen molar-refractivity contribution in [3.63, 3.8) is 0 Å². The van der Waals surface area contributed by atoms with E-state index in [-0.39, 0.29) is 31.6 Å². The lowest BCUT2D eigenvalue weighted by Crippen LogP contribution is -2.51. The van der Waals surface area contributed by atoms with Crippen LogP contribution < -0.4 is 9.64 Å². The van der Waals surface area contributed by atoms with Gasteiger partial charge in [0.15, 0.2) is 15.2 Å². The van der Waals surface area contributed by atoms with Gasteiger partial charge in [0.1, 0.15) is 18.4 Å². The smallest absolute Gasteiger partial charge is 0.188 e. The predicted molar refractivity (Wildman–Crippen MR) is 142 cm³/mol. The highest BCUT2D eigenvalue weighted by molar-refractivity contribution is 14.1. The Balaban J connectivity index is 1.62. The number of β-amino-alcohol motifs (C(OH)–C–C–N with tert-alkyl or cyclic N) is 1. The third kappa shape index (κ3) is 6.22. The Bertz CT molecular complexity index is 1220. The van der Waals surface area contributed by atoms with Gasteiger partial charge in [-0.2, -0.15) is 5.26 Å². The van der Waals surface area contributed by atoms with Crippen LogP contribution in [0, 0.1) is 17.1 Å². The molecule has 0 radical (unpaired) electrons. The Labute approximate surface area is 227 Å². The molecule has 3 aromatic rings. The molecule has 2 heterocycles. The maximum atomic E-state index is 13.3. The first kappa shape index (κ1) is 26.5. The second-order valence-electron chi connectivity index (χ2n) is 8.34. The lowest BCUT2D eigenvalue weighted by atomic mass is 9.99. The van der Waals surface area contributed by atoms with E-state index in [2.05, 4.69) is 25.8 Å². The van der Waals surface area contributed by atoms with Crippen molar-refractivity contribution in [2.75, 3.05) is 44.3 Å². The van der Waals surface area contributed by atoms with Crippen LogP contribution >= 0.6 is 34.2 Å². The maximum Gasteiger partial charge on any atom is 0.188 e. The Morgan fingerprint density at radius 3 is 2.58 bits per heavy atom. The minimum Gasteiger partial charge on any atom is -0.491 e. The number of hydrogen-bond acceptors (Lipinski definition) is 8. The number of hydrogen-bond donors (Lipinski definition) is 2. The molecule has 0 aliphatic carbocycles. The average Bonchev–Trinajstić information content (AvgIpc) is 2.88. The number of alkyl halides is 1. The van der Waals surface area contributed by atoms with E-state index in [1.807, 2.05) is 52.9 Å². The minimum absolute atomic E-state index is 0.115. The summed E-state index contributed by atoms with van der Waals surface area (Å²) < 4.78 is 17.3. The van der Waals surface area contributed by atoms with E-state index in [1.54, 1.807) is 12.1 Å². The van der Waals surface area contributed by atoms with Gasteiger partial charge in [-0.05, 0) is 58.5 Å². The zero-order chi connectivity index (χ0) is 25.7. The van der Waals surface area contributed by atoms with Gasteiger partial charge in [0.05, 0.1) is 36.3 Å². The fourth-order valence-corrected chi connectivity index (χ4v) is 5.11. The summed E-state index contributed by atoms with van der Waals surface area (Å²) in [6.45, 7) is 1.99. The molecule has 36 heavy (non-hydrogen) atoms. The molecule has 11 heteroatoms. The summed E-state index contributed by atoms with van der Waals surface area (Å²) >= 11 is 8.02. The number of anilines is 1. The number of halogens is 3. The molecular formula is C25H24ClFIN5O3. The highest BCUT2D eigenvalue weighted by Crippen LogP contribution is 2.36. The number of aromatic nitrogens is 2. The van der Waals surface area contributed by atoms with E-state index >= 15 is 0 Å². The monoisotopic (exact) mass is 623 g/mol. The van der Waals surface area contributed by atoms with E-state index in [0.29, 0.717) is 36.0 Å². The van der Waals surface area contributed by atoms with E-state index in [9.17, 15) is 14.8 Å². The highest BCUT2D eigenvalue weighted by atomic mass is 127. The molecule has 1 saturated heterocycles. The summed E-state index contributed by atoms with van der Waals surface area (Å²) in [5.41, 5.74) is 2.23. The second-order valence-corrected chi connectivity index (χ2v) is 10.6. The van der Waals surface area contributed by atoms with E-state index in [4.69, 9.17) is 21.4 Å². The summed E-state index contributed by atoms with van der Waals surface area (Å²) in [5.74, 6) is 0.0870. The third-order valence-electron chi connectivity index (χ3n) is 5.87. The van der Waals surface area contributed by atoms with Gasteiger partial charge in [0.2, 0.25) is 0 Å². The normalized spacial score (nSPS) is 17.9. The molecule has 1 aromatic heterocycles. The van der Waals surface area contributed by atoms with Crippen molar-refractivity contribution in [1.82, 2.24) is 14.9 Å². The molecule has 4 rings (SSSR count). The minimum atomic E-state index is -1.41. The third-order valence-corrected chi connectivity index (χ3v) is 6.95. The van der Waals surface area contributed by atoms with Crippen molar-refractivity contribution in [3.05, 3.63) is 82.6 Å². The number of aliphatic hydroxyl groups is 2. The first-order valence-corrected chi connectivity index (χ1v) is 12.7. The standard InChI is InChI=1S/C25H24ClFIN5O3/c26-19-3-1-17(2-4-19)23-15-32(16-25(28,35)24-30-13-20(27)14-31-24)7-8-33(23)22-6-5-21(36-10-9-34)11-18(22)12-29/h1-6,11,13-14,23,34-35H,7-10,15-16H2/t23-,25+/m0/s1. The molecule has 0 amide bonds. The average molecular weight is 624 g/mol. The molecular weight excluding hydrogens is 600 g/mol. The zero-order valence-corrected chi connectivity index (χ0v) is 22.1. The van der Waals surface area contributed by atoms with Crippen molar-refractivity contribution in [1.29, 1.82) is 5.26 Å². The Hall–Kier alpha value is -2.56. The quantitative estimate of drug-likeness (QED) is 0.290. The lowest BCUT2D eigenvalue weighted by Gasteiger charge is -2.44. The van der Waals surface area contributed by atoms with Crippen LogP contribution in [0.4, 0.5) is 10.1 Å². The Morgan fingerprint density at radius 1 is 1.19 bits per heavy atom. The fourth-order valence-electron chi connectivity index (χ4n) is 4.23. The Morgan fingerprint density at radius 2 is 1.92 bits per heavy atom. The van der Waals surface area contributed by atoms with Gasteiger partial charge >= 0.3 is 0 Å². The number of benzene rings is 2. The first-order valence-electron chi connectivity index (χ1n) is 11.2. The number of nitrogens with zero attached hydrogens (tertiary/aromatic N) is 5. The van der Waals surface area contributed by atoms with E-state index in [0.717, 1.165) is 23.6 Å². The van der Waals surface area contributed by atoms with Crippen molar-refractivity contribution in [2.45, 2.75) is 9.65 Å². The fraction of sp³-hybridized carbons (Fsp3) is 0.320. The maximum absolute atomic E-state index is 13.3. The Kier molecular flexibility index (Phi) is 8.58. The first-order chi connectivity index (χ1) is 17.3. The molecule has 0 bridgehead atoms. The molecule has 0 spiro atoms. The van der Waals surface area contributed by atoms with Crippen molar-refractivity contribution < 1.29 is 19.3 Å². The second kappa shape index (κ2) is 11.7. The van der Waals surface area contributed by atoms with Crippen LogP contribution in [0.5, 0.6) is 5.75 Å². The molecule has 1 aliphatic rings. The van der Waals surface area contributed by atoms with Gasteiger partial charge in [-0.15, -0.1) is 0 Å². The van der Waals surface area contributed by atoms with Gasteiger partial charge in [-0.25, -0.2) is 14.4 Å². The molecule has 2 N–H and O–H groups in total. The SMILES string of the molecule is N#Cc1cc(OCCO)ccc1N1CCN(C[C@](O)(I)c2ncc(F)cn2)C[C@H]1c1ccc(Cl)cc1. The molecule has 0 saturated carbocycles. The van der Waals surface area contributed by atoms with Crippen molar-refractivity contribution in [2.24, 2.45) is 0 Å². The number of aliphatic hydroxyl groups excluding tert-OH is 1. The number of ether oxygens (including phenoxy) is 1. The van der Waals surface area contributed by atoms with Crippen LogP contribution in [0.1, 0.15) is 23.0 Å². The number of piperazine rings is 1. The number of nitriles is 1. The van der Waals surface area contributed by atoms with Gasteiger partial charge in [-0.1, -0.05) is 23.7 Å². The van der Waals surface area contributed by atoms with E-state index in [1.165, 1.54) is 0 Å². The summed E-state index contributed by atoms with van der Waals surface area (Å²) in [6.07, 6.45) is 2.08. The predicted octanol–water partition coefficient (Wildman–Crippen LogP) is 3.66. The van der Waals surface area contributed by atoms with Gasteiger partial charge in [0, 0.05) is 31.2 Å². The van der Waals surface area contributed by atoms with Crippen molar-refractivity contribution >= 4 is 39.9 Å².